The summed E-state index contributed by atoms with van der Waals surface area (Å²) in [5, 5.41) is 4.74. The Morgan fingerprint density at radius 2 is 1.77 bits per heavy atom. The topological polar surface area (TPSA) is 70.7 Å². The summed E-state index contributed by atoms with van der Waals surface area (Å²) in [5.74, 6) is 1.29. The lowest BCUT2D eigenvalue weighted by molar-refractivity contribution is 0.307. The molecule has 0 unspecified atom stereocenters. The van der Waals surface area contributed by atoms with E-state index in [2.05, 4.69) is 0 Å². The highest BCUT2D eigenvalue weighted by molar-refractivity contribution is 5.66. The van der Waals surface area contributed by atoms with E-state index in [4.69, 9.17) is 19.6 Å². The molecule has 0 spiro atoms. The van der Waals surface area contributed by atoms with Crippen LogP contribution in [-0.2, 0) is 6.61 Å². The minimum absolute atomic E-state index is 0.191. The van der Waals surface area contributed by atoms with Gasteiger partial charge in [-0.1, -0.05) is 30.3 Å². The van der Waals surface area contributed by atoms with Gasteiger partial charge < -0.3 is 9.47 Å². The fraction of sp³-hybridized carbons (Fsp3) is 0.179. The standard InChI is InChI=1S/C28H26N4O3/c1-18-9-5-6-10-21(18)17-35-25-13-8-14-31-27(25)29-20(3)26(28(31)33)24-15-19(2)32(30-24)22-11-7-12-23(16-22)34-4/h5-16H,17H2,1-4H3. The molecule has 2 aromatic carbocycles. The highest BCUT2D eigenvalue weighted by atomic mass is 16.5. The maximum atomic E-state index is 13.6. The van der Waals surface area contributed by atoms with Crippen LogP contribution < -0.4 is 15.0 Å². The van der Waals surface area contributed by atoms with Crippen molar-refractivity contribution in [3.63, 3.8) is 0 Å². The number of pyridine rings is 1. The van der Waals surface area contributed by atoms with Crippen molar-refractivity contribution < 1.29 is 9.47 Å². The van der Waals surface area contributed by atoms with E-state index in [1.54, 1.807) is 24.1 Å². The number of nitrogens with zero attached hydrogens (tertiary/aromatic N) is 4. The molecule has 35 heavy (non-hydrogen) atoms. The molecule has 0 aliphatic carbocycles. The Morgan fingerprint density at radius 3 is 2.57 bits per heavy atom. The SMILES string of the molecule is COc1cccc(-n2nc(-c3c(C)nc4c(OCc5ccccc5C)cccn4c3=O)cc2C)c1. The molecular formula is C28H26N4O3. The van der Waals surface area contributed by atoms with E-state index < -0.39 is 0 Å². The van der Waals surface area contributed by atoms with Crippen LogP contribution in [-0.4, -0.2) is 26.3 Å². The minimum Gasteiger partial charge on any atom is -0.497 e. The smallest absolute Gasteiger partial charge is 0.267 e. The fourth-order valence-electron chi connectivity index (χ4n) is 4.18. The number of hydrogen-bond acceptors (Lipinski definition) is 5. The summed E-state index contributed by atoms with van der Waals surface area (Å²) in [4.78, 5) is 18.3. The molecule has 0 aliphatic heterocycles. The van der Waals surface area contributed by atoms with Crippen molar-refractivity contribution in [1.29, 1.82) is 0 Å². The summed E-state index contributed by atoms with van der Waals surface area (Å²) in [6.07, 6.45) is 1.71. The van der Waals surface area contributed by atoms with Crippen LogP contribution in [0.1, 0.15) is 22.5 Å². The van der Waals surface area contributed by atoms with Gasteiger partial charge in [-0.15, -0.1) is 0 Å². The number of methoxy groups -OCH3 is 1. The Hall–Kier alpha value is -4.39. The van der Waals surface area contributed by atoms with Gasteiger partial charge in [0.2, 0.25) is 0 Å². The van der Waals surface area contributed by atoms with Crippen LogP contribution in [0.25, 0.3) is 22.6 Å². The molecule has 7 heteroatoms. The van der Waals surface area contributed by atoms with Gasteiger partial charge in [0.05, 0.1) is 24.1 Å². The van der Waals surface area contributed by atoms with Gasteiger partial charge in [-0.05, 0) is 62.2 Å². The third-order valence-electron chi connectivity index (χ3n) is 6.09. The van der Waals surface area contributed by atoms with Crippen LogP contribution >= 0.6 is 0 Å². The van der Waals surface area contributed by atoms with Crippen molar-refractivity contribution in [3.05, 3.63) is 106 Å². The van der Waals surface area contributed by atoms with Crippen LogP contribution in [0.5, 0.6) is 11.5 Å². The lowest BCUT2D eigenvalue weighted by atomic mass is 10.1. The van der Waals surface area contributed by atoms with E-state index in [-0.39, 0.29) is 5.56 Å². The molecule has 5 rings (SSSR count). The zero-order chi connectivity index (χ0) is 24.5. The molecule has 0 N–H and O–H groups in total. The number of ether oxygens (including phenoxy) is 2. The number of aryl methyl sites for hydroxylation is 3. The van der Waals surface area contributed by atoms with Gasteiger partial charge in [0.25, 0.3) is 5.56 Å². The average Bonchev–Trinajstić information content (AvgIpc) is 3.24. The molecule has 0 amide bonds. The second-order valence-electron chi connectivity index (χ2n) is 8.44. The van der Waals surface area contributed by atoms with E-state index >= 15 is 0 Å². The average molecular weight is 467 g/mol. The summed E-state index contributed by atoms with van der Waals surface area (Å²) >= 11 is 0. The zero-order valence-corrected chi connectivity index (χ0v) is 20.1. The van der Waals surface area contributed by atoms with Crippen LogP contribution in [0.3, 0.4) is 0 Å². The second-order valence-corrected chi connectivity index (χ2v) is 8.44. The van der Waals surface area contributed by atoms with Crippen LogP contribution in [0.4, 0.5) is 0 Å². The predicted molar refractivity (Wildman–Crippen MR) is 136 cm³/mol. The molecule has 3 heterocycles. The Morgan fingerprint density at radius 1 is 0.943 bits per heavy atom. The molecule has 7 nitrogen and oxygen atoms in total. The molecule has 0 saturated heterocycles. The summed E-state index contributed by atoms with van der Waals surface area (Å²) in [6, 6.07) is 21.2. The molecule has 0 fully saturated rings. The summed E-state index contributed by atoms with van der Waals surface area (Å²) in [7, 11) is 1.63. The van der Waals surface area contributed by atoms with Crippen molar-refractivity contribution in [3.8, 4) is 28.4 Å². The molecule has 3 aromatic heterocycles. The van der Waals surface area contributed by atoms with Crippen molar-refractivity contribution in [2.24, 2.45) is 0 Å². The van der Waals surface area contributed by atoms with Crippen molar-refractivity contribution in [1.82, 2.24) is 19.2 Å². The first-order chi connectivity index (χ1) is 17.0. The molecule has 0 radical (unpaired) electrons. The third kappa shape index (κ3) is 4.17. The number of aromatic nitrogens is 4. The minimum atomic E-state index is -0.191. The first-order valence-corrected chi connectivity index (χ1v) is 11.4. The fourth-order valence-corrected chi connectivity index (χ4v) is 4.18. The first kappa shape index (κ1) is 22.4. The zero-order valence-electron chi connectivity index (χ0n) is 20.1. The number of rotatable bonds is 6. The van der Waals surface area contributed by atoms with Crippen molar-refractivity contribution in [2.45, 2.75) is 27.4 Å². The lowest BCUT2D eigenvalue weighted by Crippen LogP contribution is -2.19. The third-order valence-corrected chi connectivity index (χ3v) is 6.09. The Labute approximate surface area is 203 Å². The van der Waals surface area contributed by atoms with Gasteiger partial charge in [-0.25, -0.2) is 9.67 Å². The van der Waals surface area contributed by atoms with E-state index in [1.165, 1.54) is 4.40 Å². The summed E-state index contributed by atoms with van der Waals surface area (Å²) < 4.78 is 14.8. The number of hydrogen-bond donors (Lipinski definition) is 0. The van der Waals surface area contributed by atoms with Crippen LogP contribution in [0, 0.1) is 20.8 Å². The Bertz CT molecular complexity index is 1600. The lowest BCUT2D eigenvalue weighted by Gasteiger charge is -2.12. The van der Waals surface area contributed by atoms with Crippen molar-refractivity contribution in [2.75, 3.05) is 7.11 Å². The molecular weight excluding hydrogens is 440 g/mol. The largest absolute Gasteiger partial charge is 0.497 e. The monoisotopic (exact) mass is 466 g/mol. The Balaban J connectivity index is 1.55. The molecule has 0 aliphatic rings. The van der Waals surface area contributed by atoms with Gasteiger partial charge >= 0.3 is 0 Å². The normalized spacial score (nSPS) is 11.1. The Kier molecular flexibility index (Phi) is 5.82. The molecule has 0 saturated carbocycles. The van der Waals surface area contributed by atoms with Crippen molar-refractivity contribution >= 4 is 5.65 Å². The summed E-state index contributed by atoms with van der Waals surface area (Å²) in [6.45, 7) is 6.23. The number of benzene rings is 2. The van der Waals surface area contributed by atoms with E-state index in [0.717, 1.165) is 28.3 Å². The van der Waals surface area contributed by atoms with E-state index in [1.807, 2.05) is 81.4 Å². The van der Waals surface area contributed by atoms with Gasteiger partial charge in [-0.2, -0.15) is 5.10 Å². The molecule has 0 bridgehead atoms. The highest BCUT2D eigenvalue weighted by Gasteiger charge is 2.18. The maximum absolute atomic E-state index is 13.6. The maximum Gasteiger partial charge on any atom is 0.267 e. The summed E-state index contributed by atoms with van der Waals surface area (Å²) in [5.41, 5.74) is 5.91. The molecule has 176 valence electrons. The van der Waals surface area contributed by atoms with Crippen LogP contribution in [0.15, 0.2) is 77.7 Å². The second kappa shape index (κ2) is 9.10. The van der Waals surface area contributed by atoms with Crippen LogP contribution in [0.2, 0.25) is 0 Å². The molecule has 5 aromatic rings. The number of fused-ring (bicyclic) bond motifs is 1. The quantitative estimate of drug-likeness (QED) is 0.350. The van der Waals surface area contributed by atoms with E-state index in [0.29, 0.717) is 35.0 Å². The predicted octanol–water partition coefficient (Wildman–Crippen LogP) is 5.06. The highest BCUT2D eigenvalue weighted by Crippen LogP contribution is 2.25. The van der Waals surface area contributed by atoms with Gasteiger partial charge in [0.1, 0.15) is 18.1 Å². The first-order valence-electron chi connectivity index (χ1n) is 11.4. The van der Waals surface area contributed by atoms with E-state index in [9.17, 15) is 4.79 Å². The van der Waals surface area contributed by atoms with Gasteiger partial charge in [0.15, 0.2) is 11.4 Å². The van der Waals surface area contributed by atoms with Gasteiger partial charge in [-0.3, -0.25) is 9.20 Å². The molecule has 0 atom stereocenters. The van der Waals surface area contributed by atoms with Gasteiger partial charge in [0, 0.05) is 18.0 Å².